The van der Waals surface area contributed by atoms with Crippen LogP contribution < -0.4 is 5.32 Å². The summed E-state index contributed by atoms with van der Waals surface area (Å²) in [5.74, 6) is 3.46. The molecular formula is C16H31NO. The lowest BCUT2D eigenvalue weighted by Crippen LogP contribution is -2.50. The zero-order valence-electron chi connectivity index (χ0n) is 12.6. The Morgan fingerprint density at radius 3 is 2.44 bits per heavy atom. The third-order valence-corrected chi connectivity index (χ3v) is 5.17. The van der Waals surface area contributed by atoms with Crippen molar-refractivity contribution < 1.29 is 4.74 Å². The summed E-state index contributed by atoms with van der Waals surface area (Å²) in [7, 11) is 1.89. The molecule has 0 aromatic heterocycles. The number of ether oxygens (including phenoxy) is 1. The van der Waals surface area contributed by atoms with Gasteiger partial charge in [0.1, 0.15) is 0 Å². The van der Waals surface area contributed by atoms with Crippen LogP contribution in [0.2, 0.25) is 0 Å². The highest BCUT2D eigenvalue weighted by atomic mass is 16.5. The van der Waals surface area contributed by atoms with Gasteiger partial charge in [0.25, 0.3) is 0 Å². The van der Waals surface area contributed by atoms with E-state index in [-0.39, 0.29) is 0 Å². The van der Waals surface area contributed by atoms with Gasteiger partial charge in [-0.15, -0.1) is 0 Å². The van der Waals surface area contributed by atoms with Crippen LogP contribution in [0.15, 0.2) is 0 Å². The summed E-state index contributed by atoms with van der Waals surface area (Å²) in [4.78, 5) is 0. The second-order valence-corrected chi connectivity index (χ2v) is 6.76. The molecule has 2 nitrogen and oxygen atoms in total. The molecule has 2 fully saturated rings. The van der Waals surface area contributed by atoms with Gasteiger partial charge in [0.2, 0.25) is 0 Å². The highest BCUT2D eigenvalue weighted by Gasteiger charge is 2.45. The molecule has 0 aliphatic heterocycles. The monoisotopic (exact) mass is 253 g/mol. The fraction of sp³-hybridized carbons (Fsp3) is 1.00. The molecule has 0 aromatic rings. The first kappa shape index (κ1) is 14.3. The minimum absolute atomic E-state index is 0.376. The zero-order valence-corrected chi connectivity index (χ0v) is 12.6. The molecule has 106 valence electrons. The molecule has 18 heavy (non-hydrogen) atoms. The standard InChI is InChI=1S/C16H31NO/c1-5-8-17-15(16(18-4)11(2)3)14-10-12-6-7-13(14)9-12/h11-17H,5-10H2,1-4H3. The second kappa shape index (κ2) is 6.38. The topological polar surface area (TPSA) is 21.3 Å². The van der Waals surface area contributed by atoms with E-state index in [4.69, 9.17) is 4.74 Å². The predicted molar refractivity (Wildman–Crippen MR) is 76.7 cm³/mol. The van der Waals surface area contributed by atoms with Gasteiger partial charge in [-0.1, -0.05) is 27.2 Å². The van der Waals surface area contributed by atoms with E-state index in [0.717, 1.165) is 24.3 Å². The summed E-state index contributed by atoms with van der Waals surface area (Å²) < 4.78 is 5.83. The van der Waals surface area contributed by atoms with Crippen LogP contribution in [0.3, 0.4) is 0 Å². The fourth-order valence-electron chi connectivity index (χ4n) is 4.39. The molecule has 0 radical (unpaired) electrons. The normalized spacial score (nSPS) is 34.2. The van der Waals surface area contributed by atoms with E-state index in [9.17, 15) is 0 Å². The minimum Gasteiger partial charge on any atom is -0.380 e. The highest BCUT2D eigenvalue weighted by Crippen LogP contribution is 2.50. The smallest absolute Gasteiger partial charge is 0.0749 e. The molecule has 0 saturated heterocycles. The predicted octanol–water partition coefficient (Wildman–Crippen LogP) is 3.46. The summed E-state index contributed by atoms with van der Waals surface area (Å²) in [5.41, 5.74) is 0. The van der Waals surface area contributed by atoms with E-state index in [2.05, 4.69) is 26.1 Å². The Labute approximate surface area is 113 Å². The lowest BCUT2D eigenvalue weighted by Gasteiger charge is -2.38. The van der Waals surface area contributed by atoms with Gasteiger partial charge < -0.3 is 10.1 Å². The van der Waals surface area contributed by atoms with Gasteiger partial charge in [-0.25, -0.2) is 0 Å². The van der Waals surface area contributed by atoms with Crippen molar-refractivity contribution >= 4 is 0 Å². The molecule has 2 aliphatic carbocycles. The van der Waals surface area contributed by atoms with E-state index in [1.807, 2.05) is 7.11 Å². The maximum atomic E-state index is 5.83. The summed E-state index contributed by atoms with van der Waals surface area (Å²) in [6.45, 7) is 7.97. The number of rotatable bonds is 7. The van der Waals surface area contributed by atoms with E-state index >= 15 is 0 Å². The maximum Gasteiger partial charge on any atom is 0.0749 e. The molecule has 2 aliphatic rings. The van der Waals surface area contributed by atoms with Crippen molar-refractivity contribution in [3.63, 3.8) is 0 Å². The lowest BCUT2D eigenvalue weighted by atomic mass is 9.78. The van der Waals surface area contributed by atoms with Gasteiger partial charge >= 0.3 is 0 Å². The molecule has 2 rings (SSSR count). The zero-order chi connectivity index (χ0) is 13.1. The first-order chi connectivity index (χ1) is 8.67. The van der Waals surface area contributed by atoms with Crippen LogP contribution in [0.4, 0.5) is 0 Å². The van der Waals surface area contributed by atoms with Crippen molar-refractivity contribution in [3.05, 3.63) is 0 Å². The van der Waals surface area contributed by atoms with E-state index in [1.165, 1.54) is 32.1 Å². The van der Waals surface area contributed by atoms with Crippen LogP contribution in [0.1, 0.15) is 52.9 Å². The Bertz CT molecular complexity index is 253. The summed E-state index contributed by atoms with van der Waals surface area (Å²) in [5, 5.41) is 3.80. The highest BCUT2D eigenvalue weighted by molar-refractivity contribution is 4.98. The molecule has 2 bridgehead atoms. The fourth-order valence-corrected chi connectivity index (χ4v) is 4.39. The first-order valence-electron chi connectivity index (χ1n) is 7.93. The Morgan fingerprint density at radius 1 is 1.22 bits per heavy atom. The molecule has 5 atom stereocenters. The third kappa shape index (κ3) is 2.91. The SMILES string of the molecule is CCCNC(C1CC2CCC1C2)C(OC)C(C)C. The van der Waals surface area contributed by atoms with Crippen molar-refractivity contribution in [2.24, 2.45) is 23.7 Å². The molecule has 0 heterocycles. The van der Waals surface area contributed by atoms with Gasteiger partial charge in [-0.05, 0) is 55.9 Å². The lowest BCUT2D eigenvalue weighted by molar-refractivity contribution is 0.00512. The molecule has 0 spiro atoms. The van der Waals surface area contributed by atoms with Crippen molar-refractivity contribution in [3.8, 4) is 0 Å². The van der Waals surface area contributed by atoms with Gasteiger partial charge in [-0.2, -0.15) is 0 Å². The minimum atomic E-state index is 0.376. The molecule has 2 saturated carbocycles. The van der Waals surface area contributed by atoms with Crippen LogP contribution in [0, 0.1) is 23.7 Å². The van der Waals surface area contributed by atoms with Crippen LogP contribution >= 0.6 is 0 Å². The van der Waals surface area contributed by atoms with Gasteiger partial charge in [-0.3, -0.25) is 0 Å². The Morgan fingerprint density at radius 2 is 2.00 bits per heavy atom. The van der Waals surface area contributed by atoms with Crippen molar-refractivity contribution in [1.29, 1.82) is 0 Å². The van der Waals surface area contributed by atoms with Crippen LogP contribution in [-0.2, 0) is 4.74 Å². The molecular weight excluding hydrogens is 222 g/mol. The van der Waals surface area contributed by atoms with E-state index < -0.39 is 0 Å². The number of fused-ring (bicyclic) bond motifs is 2. The Balaban J connectivity index is 2.04. The van der Waals surface area contributed by atoms with Crippen molar-refractivity contribution in [2.75, 3.05) is 13.7 Å². The van der Waals surface area contributed by atoms with Gasteiger partial charge in [0.15, 0.2) is 0 Å². The van der Waals surface area contributed by atoms with Crippen LogP contribution in [0.25, 0.3) is 0 Å². The molecule has 0 aromatic carbocycles. The first-order valence-corrected chi connectivity index (χ1v) is 7.93. The van der Waals surface area contributed by atoms with Crippen LogP contribution in [0.5, 0.6) is 0 Å². The van der Waals surface area contributed by atoms with Gasteiger partial charge in [0.05, 0.1) is 6.10 Å². The Kier molecular flexibility index (Phi) is 5.08. The third-order valence-electron chi connectivity index (χ3n) is 5.17. The molecule has 2 heteroatoms. The van der Waals surface area contributed by atoms with E-state index in [0.29, 0.717) is 18.1 Å². The van der Waals surface area contributed by atoms with E-state index in [1.54, 1.807) is 0 Å². The average molecular weight is 253 g/mol. The molecule has 5 unspecified atom stereocenters. The summed E-state index contributed by atoms with van der Waals surface area (Å²) in [6.07, 6.45) is 7.48. The van der Waals surface area contributed by atoms with Crippen molar-refractivity contribution in [1.82, 2.24) is 5.32 Å². The quantitative estimate of drug-likeness (QED) is 0.750. The molecule has 0 amide bonds. The average Bonchev–Trinajstić information content (AvgIpc) is 2.95. The number of hydrogen-bond acceptors (Lipinski definition) is 2. The number of methoxy groups -OCH3 is 1. The van der Waals surface area contributed by atoms with Crippen LogP contribution in [-0.4, -0.2) is 25.8 Å². The second-order valence-electron chi connectivity index (χ2n) is 6.76. The summed E-state index contributed by atoms with van der Waals surface area (Å²) in [6, 6.07) is 0.574. The number of nitrogens with one attached hydrogen (secondary N) is 1. The Hall–Kier alpha value is -0.0800. The number of hydrogen-bond donors (Lipinski definition) is 1. The summed E-state index contributed by atoms with van der Waals surface area (Å²) >= 11 is 0. The van der Waals surface area contributed by atoms with Crippen molar-refractivity contribution in [2.45, 2.75) is 65.0 Å². The van der Waals surface area contributed by atoms with Gasteiger partial charge in [0, 0.05) is 13.2 Å². The largest absolute Gasteiger partial charge is 0.380 e. The molecule has 1 N–H and O–H groups in total. The maximum absolute atomic E-state index is 5.83.